The number of fused-ring (bicyclic) bond motifs is 1. The second-order valence-corrected chi connectivity index (χ2v) is 11.4. The highest BCUT2D eigenvalue weighted by Gasteiger charge is 2.56. The molecule has 3 rings (SSSR count). The van der Waals surface area contributed by atoms with Crippen LogP contribution in [-0.4, -0.2) is 77.3 Å². The highest BCUT2D eigenvalue weighted by Crippen LogP contribution is 2.40. The van der Waals surface area contributed by atoms with Gasteiger partial charge in [-0.25, -0.2) is 0 Å². The molecule has 7 N–H and O–H groups in total. The van der Waals surface area contributed by atoms with Crippen LogP contribution in [0.15, 0.2) is 30.3 Å². The van der Waals surface area contributed by atoms with E-state index < -0.39 is 71.3 Å². The number of hydrogen-bond donors (Lipinski definition) is 5. The van der Waals surface area contributed by atoms with Crippen LogP contribution in [0.4, 0.5) is 0 Å². The Bertz CT molecular complexity index is 1220. The molecule has 1 aromatic carbocycles. The number of likely N-dealkylation sites (tertiary alicyclic amines) is 1. The summed E-state index contributed by atoms with van der Waals surface area (Å²) < 4.78 is 0. The number of nitrogens with two attached hydrogens (primary N) is 2. The van der Waals surface area contributed by atoms with Crippen LogP contribution in [0.5, 0.6) is 0 Å². The molecule has 0 radical (unpaired) electrons. The molecule has 2 fully saturated rings. The van der Waals surface area contributed by atoms with Crippen molar-refractivity contribution >= 4 is 41.2 Å². The fourth-order valence-corrected chi connectivity index (χ4v) is 5.44. The summed E-state index contributed by atoms with van der Waals surface area (Å²) in [6.07, 6.45) is -0.0764. The van der Waals surface area contributed by atoms with E-state index in [1.807, 2.05) is 13.8 Å². The first-order valence-corrected chi connectivity index (χ1v) is 14.1. The van der Waals surface area contributed by atoms with Gasteiger partial charge in [0.15, 0.2) is 0 Å². The highest BCUT2D eigenvalue weighted by molar-refractivity contribution is 6.10. The minimum absolute atomic E-state index is 0.0289. The summed E-state index contributed by atoms with van der Waals surface area (Å²) >= 11 is 0. The number of amides is 6. The largest absolute Gasteiger partial charge is 0.368 e. The van der Waals surface area contributed by atoms with E-state index in [2.05, 4.69) is 16.0 Å². The van der Waals surface area contributed by atoms with Gasteiger partial charge in [0, 0.05) is 32.4 Å². The summed E-state index contributed by atoms with van der Waals surface area (Å²) in [5.41, 5.74) is 11.8. The van der Waals surface area contributed by atoms with Gasteiger partial charge in [-0.1, -0.05) is 44.2 Å². The predicted octanol–water partition coefficient (Wildman–Crippen LogP) is -1.23. The van der Waals surface area contributed by atoms with E-state index in [4.69, 9.17) is 11.5 Å². The van der Waals surface area contributed by atoms with Crippen LogP contribution in [0.1, 0.15) is 45.6 Å². The average Bonchev–Trinajstić information content (AvgIpc) is 3.16. The van der Waals surface area contributed by atoms with Crippen LogP contribution in [0.3, 0.4) is 0 Å². The molecule has 1 saturated heterocycles. The minimum atomic E-state index is -1.18. The number of rotatable bonds is 13. The molecule has 0 spiro atoms. The second kappa shape index (κ2) is 14.2. The van der Waals surface area contributed by atoms with E-state index in [1.54, 1.807) is 30.3 Å². The first kappa shape index (κ1) is 32.4. The maximum absolute atomic E-state index is 13.6. The number of Topliss-reactive ketones (excluding diaryl/α,β-unsaturated/α-hetero) is 1. The van der Waals surface area contributed by atoms with Gasteiger partial charge in [-0.05, 0) is 24.8 Å². The van der Waals surface area contributed by atoms with Crippen molar-refractivity contribution in [1.29, 1.82) is 0 Å². The zero-order chi connectivity index (χ0) is 31.1. The van der Waals surface area contributed by atoms with Gasteiger partial charge in [0.05, 0.1) is 23.8 Å². The van der Waals surface area contributed by atoms with Crippen LogP contribution in [0, 0.1) is 23.7 Å². The lowest BCUT2D eigenvalue weighted by Crippen LogP contribution is -2.56. The van der Waals surface area contributed by atoms with Crippen LogP contribution in [-0.2, 0) is 40.0 Å². The molecule has 42 heavy (non-hydrogen) atoms. The molecular weight excluding hydrogens is 544 g/mol. The second-order valence-electron chi connectivity index (χ2n) is 11.4. The molecule has 0 bridgehead atoms. The van der Waals surface area contributed by atoms with Crippen LogP contribution in [0.2, 0.25) is 0 Å². The van der Waals surface area contributed by atoms with Crippen LogP contribution >= 0.6 is 0 Å². The predicted molar refractivity (Wildman–Crippen MR) is 151 cm³/mol. The smallest absolute Gasteiger partial charge is 0.243 e. The summed E-state index contributed by atoms with van der Waals surface area (Å²) in [7, 11) is 0. The van der Waals surface area contributed by atoms with E-state index in [-0.39, 0.29) is 44.1 Å². The Balaban J connectivity index is 1.80. The van der Waals surface area contributed by atoms with Crippen molar-refractivity contribution in [3.8, 4) is 0 Å². The summed E-state index contributed by atoms with van der Waals surface area (Å²) in [6, 6.07) is 6.01. The Labute approximate surface area is 244 Å². The Morgan fingerprint density at radius 1 is 0.929 bits per heavy atom. The first-order valence-electron chi connectivity index (χ1n) is 14.1. The monoisotopic (exact) mass is 584 g/mol. The Hall–Kier alpha value is -4.13. The molecule has 0 aromatic heterocycles. The fraction of sp³-hybridized carbons (Fsp3) is 0.552. The van der Waals surface area contributed by atoms with E-state index >= 15 is 0 Å². The lowest BCUT2D eigenvalue weighted by molar-refractivity contribution is -0.143. The molecule has 1 aromatic rings. The van der Waals surface area contributed by atoms with Crippen molar-refractivity contribution in [3.63, 3.8) is 0 Å². The van der Waals surface area contributed by atoms with Gasteiger partial charge in [0.25, 0.3) is 0 Å². The Kier molecular flexibility index (Phi) is 10.9. The van der Waals surface area contributed by atoms with Crippen molar-refractivity contribution in [2.75, 3.05) is 13.1 Å². The molecule has 1 aliphatic carbocycles. The topological polar surface area (TPSA) is 211 Å². The van der Waals surface area contributed by atoms with Crippen molar-refractivity contribution < 1.29 is 33.6 Å². The number of carbonyl (C=O) groups excluding carboxylic acids is 7. The number of hydrogen-bond acceptors (Lipinski definition) is 8. The van der Waals surface area contributed by atoms with Crippen molar-refractivity contribution in [1.82, 2.24) is 20.9 Å². The Morgan fingerprint density at radius 3 is 2.19 bits per heavy atom. The molecule has 3 unspecified atom stereocenters. The normalized spacial score (nSPS) is 22.3. The summed E-state index contributed by atoms with van der Waals surface area (Å²) in [5, 5.41) is 7.84. The SMILES string of the molecule is CC(C)C[C@H](NC(=O)[C@H](Cc1ccccc1)NC(=O)C1CC(=O)CC2C(=O)N(CCNC(=O)[C@H](C)N)C(=O)C12)C(N)=O. The van der Waals surface area contributed by atoms with Crippen molar-refractivity contribution in [2.24, 2.45) is 35.1 Å². The van der Waals surface area contributed by atoms with Gasteiger partial charge >= 0.3 is 0 Å². The molecule has 228 valence electrons. The number of nitrogens with zero attached hydrogens (tertiary/aromatic N) is 1. The molecule has 13 heteroatoms. The first-order chi connectivity index (χ1) is 19.8. The van der Waals surface area contributed by atoms with Crippen molar-refractivity contribution in [3.05, 3.63) is 35.9 Å². The number of imide groups is 1. The molecule has 1 heterocycles. The van der Waals surface area contributed by atoms with E-state index in [0.29, 0.717) is 6.42 Å². The maximum Gasteiger partial charge on any atom is 0.243 e. The molecule has 1 saturated carbocycles. The van der Waals surface area contributed by atoms with E-state index in [9.17, 15) is 33.6 Å². The zero-order valence-corrected chi connectivity index (χ0v) is 24.1. The third-order valence-corrected chi connectivity index (χ3v) is 7.56. The fourth-order valence-electron chi connectivity index (χ4n) is 5.44. The quantitative estimate of drug-likeness (QED) is 0.177. The zero-order valence-electron chi connectivity index (χ0n) is 24.1. The number of primary amides is 1. The number of carbonyl (C=O) groups is 7. The van der Waals surface area contributed by atoms with Gasteiger partial charge in [-0.15, -0.1) is 0 Å². The van der Waals surface area contributed by atoms with Crippen LogP contribution < -0.4 is 27.4 Å². The third kappa shape index (κ3) is 7.99. The van der Waals surface area contributed by atoms with Gasteiger partial charge < -0.3 is 27.4 Å². The molecular formula is C29H40N6O7. The Morgan fingerprint density at radius 2 is 1.60 bits per heavy atom. The molecule has 6 atom stereocenters. The lowest BCUT2D eigenvalue weighted by atomic mass is 9.72. The highest BCUT2D eigenvalue weighted by atomic mass is 16.2. The van der Waals surface area contributed by atoms with Crippen LogP contribution in [0.25, 0.3) is 0 Å². The number of ketones is 1. The molecule has 6 amide bonds. The van der Waals surface area contributed by atoms with Gasteiger partial charge in [0.1, 0.15) is 17.9 Å². The lowest BCUT2D eigenvalue weighted by Gasteiger charge is -2.30. The minimum Gasteiger partial charge on any atom is -0.368 e. The average molecular weight is 585 g/mol. The summed E-state index contributed by atoms with van der Waals surface area (Å²) in [4.78, 5) is 90.8. The van der Waals surface area contributed by atoms with Gasteiger partial charge in [-0.2, -0.15) is 0 Å². The van der Waals surface area contributed by atoms with Gasteiger partial charge in [-0.3, -0.25) is 38.5 Å². The maximum atomic E-state index is 13.6. The van der Waals surface area contributed by atoms with Crippen molar-refractivity contribution in [2.45, 2.75) is 64.6 Å². The summed E-state index contributed by atoms with van der Waals surface area (Å²) in [5.74, 6) is -7.28. The number of benzene rings is 1. The summed E-state index contributed by atoms with van der Waals surface area (Å²) in [6.45, 7) is 5.08. The third-order valence-electron chi connectivity index (χ3n) is 7.56. The number of nitrogens with one attached hydrogen (secondary N) is 3. The van der Waals surface area contributed by atoms with Gasteiger partial charge in [0.2, 0.25) is 35.4 Å². The molecule has 2 aliphatic rings. The van der Waals surface area contributed by atoms with E-state index in [1.165, 1.54) is 6.92 Å². The van der Waals surface area contributed by atoms with E-state index in [0.717, 1.165) is 10.5 Å². The standard InChI is InChI=1S/C29H40N6O7/c1-15(2)11-21(24(31)37)33-27(40)22(12-17-7-5-4-6-8-17)34-26(39)19-13-18(36)14-20-23(19)29(42)35(28(20)41)10-9-32-25(38)16(3)30/h4-8,15-16,19-23H,9-14,30H2,1-3H3,(H2,31,37)(H,32,38)(H,33,40)(H,34,39)/t16-,19?,20?,21-,22-,23?/m0/s1. The molecule has 13 nitrogen and oxygen atoms in total. The molecule has 1 aliphatic heterocycles.